The van der Waals surface area contributed by atoms with E-state index in [1.54, 1.807) is 0 Å². The molecule has 2 nitrogen and oxygen atoms in total. The second-order valence-electron chi connectivity index (χ2n) is 19.1. The topological polar surface area (TPSA) is 6.48 Å². The number of hydrogen-bond donors (Lipinski definition) is 0. The Labute approximate surface area is 380 Å². The Bertz CT molecular complexity index is 3340. The molecule has 0 aliphatic carbocycles. The molecule has 0 unspecified atom stereocenters. The van der Waals surface area contributed by atoms with Gasteiger partial charge in [-0.15, -0.1) is 0 Å². The molecule has 0 N–H and O–H groups in total. The highest BCUT2D eigenvalue weighted by atomic mass is 28.3. The van der Waals surface area contributed by atoms with Gasteiger partial charge in [-0.3, -0.25) is 0 Å². The minimum Gasteiger partial charge on any atom is -0.310 e. The van der Waals surface area contributed by atoms with E-state index in [0.717, 1.165) is 0 Å². The van der Waals surface area contributed by atoms with Crippen LogP contribution in [-0.2, 0) is 0 Å². The van der Waals surface area contributed by atoms with Gasteiger partial charge < -0.3 is 9.80 Å². The number of aryl methyl sites for hydroxylation is 6. The summed E-state index contributed by atoms with van der Waals surface area (Å²) in [5, 5.41) is 9.26. The van der Waals surface area contributed by atoms with Crippen molar-refractivity contribution in [3.63, 3.8) is 0 Å². The molecule has 0 aliphatic heterocycles. The van der Waals surface area contributed by atoms with Crippen LogP contribution in [0.1, 0.15) is 33.4 Å². The molecular formula is C61H56N2Si. The standard InChI is InChI=1S/C61H56N2Si/c1-39-30-40(2)33-50(32-39)62(56-36-48(22-20-43(56)5)45-16-12-10-13-17-45)55-29-25-47-24-26-53-58(38-59(64(7,8)9)54-28-27-52(55)60(47)61(53)54)63(51-34-41(3)31-42(4)35-51)57-37-49(23-21-44(57)6)46-18-14-11-15-19-46/h10-38H,1-9H3. The van der Waals surface area contributed by atoms with Crippen LogP contribution in [-0.4, -0.2) is 8.07 Å². The summed E-state index contributed by atoms with van der Waals surface area (Å²) in [4.78, 5) is 5.09. The molecule has 0 fully saturated rings. The van der Waals surface area contributed by atoms with Crippen molar-refractivity contribution < 1.29 is 0 Å². The monoisotopic (exact) mass is 844 g/mol. The normalized spacial score (nSPS) is 11.8. The predicted octanol–water partition coefficient (Wildman–Crippen LogP) is 17.3. The van der Waals surface area contributed by atoms with E-state index in [9.17, 15) is 0 Å². The maximum Gasteiger partial charge on any atom is 0.0785 e. The lowest BCUT2D eigenvalue weighted by molar-refractivity contribution is 1.24. The molecule has 64 heavy (non-hydrogen) atoms. The molecule has 0 radical (unpaired) electrons. The van der Waals surface area contributed by atoms with Crippen LogP contribution >= 0.6 is 0 Å². The molecule has 10 rings (SSSR count). The smallest absolute Gasteiger partial charge is 0.0785 e. The van der Waals surface area contributed by atoms with Gasteiger partial charge in [0, 0.05) is 33.5 Å². The molecular weight excluding hydrogens is 789 g/mol. The molecule has 0 amide bonds. The minimum absolute atomic E-state index is 1.17. The highest BCUT2D eigenvalue weighted by Gasteiger charge is 2.29. The van der Waals surface area contributed by atoms with Gasteiger partial charge in [0.25, 0.3) is 0 Å². The maximum absolute atomic E-state index is 2.57. The zero-order valence-electron chi connectivity index (χ0n) is 38.6. The third kappa shape index (κ3) is 7.34. The Balaban J connectivity index is 1.30. The van der Waals surface area contributed by atoms with Crippen LogP contribution in [0.4, 0.5) is 34.1 Å². The van der Waals surface area contributed by atoms with Gasteiger partial charge in [0.1, 0.15) is 0 Å². The van der Waals surface area contributed by atoms with Gasteiger partial charge in [-0.1, -0.05) is 152 Å². The summed E-state index contributed by atoms with van der Waals surface area (Å²) in [6.07, 6.45) is 0. The number of benzene rings is 10. The van der Waals surface area contributed by atoms with Gasteiger partial charge in [0.05, 0.1) is 19.4 Å². The van der Waals surface area contributed by atoms with Crippen LogP contribution in [0.15, 0.2) is 176 Å². The first-order valence-corrected chi connectivity index (χ1v) is 26.2. The van der Waals surface area contributed by atoms with Crippen molar-refractivity contribution in [2.24, 2.45) is 0 Å². The second-order valence-corrected chi connectivity index (χ2v) is 24.2. The molecule has 10 aromatic rings. The fraction of sp³-hybridized carbons (Fsp3) is 0.148. The van der Waals surface area contributed by atoms with Crippen LogP contribution in [0, 0.1) is 41.5 Å². The van der Waals surface area contributed by atoms with Crippen molar-refractivity contribution in [1.82, 2.24) is 0 Å². The van der Waals surface area contributed by atoms with E-state index < -0.39 is 8.07 Å². The maximum atomic E-state index is 2.57. The fourth-order valence-electron chi connectivity index (χ4n) is 10.2. The van der Waals surface area contributed by atoms with E-state index in [1.807, 2.05) is 0 Å². The van der Waals surface area contributed by atoms with Gasteiger partial charge in [0.15, 0.2) is 0 Å². The van der Waals surface area contributed by atoms with Gasteiger partial charge in [-0.05, 0) is 167 Å². The SMILES string of the molecule is Cc1cc(C)cc(N(c2cc(-c3ccccc3)ccc2C)c2ccc3ccc4c(N(c5cc(C)cc(C)c5)c5cc(-c6ccccc6)ccc5C)cc([Si](C)(C)C)c5ccc2c3c45)c1. The Morgan fingerprint density at radius 1 is 0.328 bits per heavy atom. The summed E-state index contributed by atoms with van der Waals surface area (Å²) < 4.78 is 0. The highest BCUT2D eigenvalue weighted by molar-refractivity contribution is 6.90. The van der Waals surface area contributed by atoms with Crippen molar-refractivity contribution in [2.45, 2.75) is 61.2 Å². The van der Waals surface area contributed by atoms with Crippen molar-refractivity contribution in [2.75, 3.05) is 9.80 Å². The zero-order chi connectivity index (χ0) is 44.4. The number of hydrogen-bond acceptors (Lipinski definition) is 2. The molecule has 0 aliphatic rings. The molecule has 314 valence electrons. The summed E-state index contributed by atoms with van der Waals surface area (Å²) in [6, 6.07) is 66.3. The first-order chi connectivity index (χ1) is 30.8. The summed E-state index contributed by atoms with van der Waals surface area (Å²) in [7, 11) is -1.94. The van der Waals surface area contributed by atoms with Crippen LogP contribution in [0.5, 0.6) is 0 Å². The molecule has 0 atom stereocenters. The molecule has 0 spiro atoms. The van der Waals surface area contributed by atoms with E-state index in [0.29, 0.717) is 0 Å². The highest BCUT2D eigenvalue weighted by Crippen LogP contribution is 2.49. The summed E-state index contributed by atoms with van der Waals surface area (Å²) >= 11 is 0. The van der Waals surface area contributed by atoms with Crippen molar-refractivity contribution in [3.8, 4) is 22.3 Å². The zero-order valence-corrected chi connectivity index (χ0v) is 39.6. The van der Waals surface area contributed by atoms with E-state index in [1.165, 1.54) is 127 Å². The van der Waals surface area contributed by atoms with Gasteiger partial charge >= 0.3 is 0 Å². The average Bonchev–Trinajstić information content (AvgIpc) is 3.27. The number of anilines is 6. The lowest BCUT2D eigenvalue weighted by Crippen LogP contribution is -2.38. The largest absolute Gasteiger partial charge is 0.310 e. The molecule has 0 heterocycles. The van der Waals surface area contributed by atoms with Crippen molar-refractivity contribution in [3.05, 3.63) is 209 Å². The van der Waals surface area contributed by atoms with E-state index in [-0.39, 0.29) is 0 Å². The molecule has 10 aromatic carbocycles. The predicted molar refractivity (Wildman–Crippen MR) is 282 cm³/mol. The molecule has 0 bridgehead atoms. The van der Waals surface area contributed by atoms with Crippen molar-refractivity contribution >= 4 is 79.7 Å². The van der Waals surface area contributed by atoms with Crippen LogP contribution in [0.25, 0.3) is 54.6 Å². The summed E-state index contributed by atoms with van der Waals surface area (Å²) in [5.74, 6) is 0. The first-order valence-electron chi connectivity index (χ1n) is 22.7. The lowest BCUT2D eigenvalue weighted by Gasteiger charge is -2.33. The first kappa shape index (κ1) is 41.1. The van der Waals surface area contributed by atoms with Gasteiger partial charge in [0.2, 0.25) is 0 Å². The van der Waals surface area contributed by atoms with Crippen LogP contribution < -0.4 is 15.0 Å². The van der Waals surface area contributed by atoms with Crippen LogP contribution in [0.3, 0.4) is 0 Å². The lowest BCUT2D eigenvalue weighted by atomic mass is 9.91. The minimum atomic E-state index is -1.94. The van der Waals surface area contributed by atoms with E-state index in [4.69, 9.17) is 0 Å². The summed E-state index contributed by atoms with van der Waals surface area (Å²) in [5.41, 5.74) is 19.4. The number of nitrogens with zero attached hydrogens (tertiary/aromatic N) is 2. The van der Waals surface area contributed by atoms with Crippen molar-refractivity contribution in [1.29, 1.82) is 0 Å². The van der Waals surface area contributed by atoms with E-state index >= 15 is 0 Å². The third-order valence-electron chi connectivity index (χ3n) is 13.1. The van der Waals surface area contributed by atoms with Crippen LogP contribution in [0.2, 0.25) is 19.6 Å². The second kappa shape index (κ2) is 16.0. The van der Waals surface area contributed by atoms with Gasteiger partial charge in [-0.2, -0.15) is 0 Å². The molecule has 0 aromatic heterocycles. The number of rotatable bonds is 9. The Hall–Kier alpha value is -6.94. The Morgan fingerprint density at radius 2 is 0.766 bits per heavy atom. The Kier molecular flexibility index (Phi) is 10.3. The average molecular weight is 845 g/mol. The third-order valence-corrected chi connectivity index (χ3v) is 15.1. The van der Waals surface area contributed by atoms with E-state index in [2.05, 4.69) is 247 Å². The molecule has 0 saturated carbocycles. The summed E-state index contributed by atoms with van der Waals surface area (Å²) in [6.45, 7) is 20.9. The molecule has 0 saturated heterocycles. The molecule has 3 heteroatoms. The quantitative estimate of drug-likeness (QED) is 0.105. The van der Waals surface area contributed by atoms with Gasteiger partial charge in [-0.25, -0.2) is 0 Å². The Morgan fingerprint density at radius 3 is 1.27 bits per heavy atom. The fourth-order valence-corrected chi connectivity index (χ4v) is 11.7.